The Bertz CT molecular complexity index is 979. The van der Waals surface area contributed by atoms with E-state index in [4.69, 9.17) is 15.9 Å². The van der Waals surface area contributed by atoms with Crippen LogP contribution in [0.3, 0.4) is 0 Å². The van der Waals surface area contributed by atoms with E-state index < -0.39 is 0 Å². The summed E-state index contributed by atoms with van der Waals surface area (Å²) in [5.41, 5.74) is 8.54. The van der Waals surface area contributed by atoms with Crippen molar-refractivity contribution in [2.24, 2.45) is 0 Å². The number of rotatable bonds is 6. The molecule has 3 aromatic rings. The van der Waals surface area contributed by atoms with Gasteiger partial charge in [-0.3, -0.25) is 5.41 Å². The average molecular weight is 379 g/mol. The molecule has 1 fully saturated rings. The first-order chi connectivity index (χ1) is 13.5. The SMILES string of the molecule is CC(C)Oc1ccc(N)c(C(=[NH2+])c2cc(N3CC(n4cnnc4)C3)ncn2)c1. The van der Waals surface area contributed by atoms with Gasteiger partial charge in [-0.25, -0.2) is 9.97 Å². The molecule has 0 aliphatic carbocycles. The maximum atomic E-state index is 6.40. The Morgan fingerprint density at radius 3 is 2.64 bits per heavy atom. The molecule has 9 nitrogen and oxygen atoms in total. The highest BCUT2D eigenvalue weighted by molar-refractivity contribution is 6.11. The molecule has 9 heteroatoms. The summed E-state index contributed by atoms with van der Waals surface area (Å²) in [5.74, 6) is 1.54. The molecule has 0 radical (unpaired) electrons. The molecule has 0 amide bonds. The number of nitrogens with zero attached hydrogens (tertiary/aromatic N) is 6. The number of ether oxygens (including phenoxy) is 1. The molecule has 1 saturated heterocycles. The first-order valence-corrected chi connectivity index (χ1v) is 9.11. The fourth-order valence-electron chi connectivity index (χ4n) is 3.15. The topological polar surface area (TPSA) is 121 Å². The van der Waals surface area contributed by atoms with Crippen molar-refractivity contribution in [1.29, 1.82) is 0 Å². The molecule has 0 unspecified atom stereocenters. The van der Waals surface area contributed by atoms with Crippen molar-refractivity contribution in [3.63, 3.8) is 0 Å². The Balaban J connectivity index is 1.52. The van der Waals surface area contributed by atoms with Gasteiger partial charge in [0.1, 0.15) is 36.2 Å². The van der Waals surface area contributed by atoms with Gasteiger partial charge in [0.05, 0.1) is 17.7 Å². The smallest absolute Gasteiger partial charge is 0.232 e. The van der Waals surface area contributed by atoms with Crippen LogP contribution < -0.4 is 20.8 Å². The Labute approximate surface area is 162 Å². The van der Waals surface area contributed by atoms with E-state index in [0.717, 1.165) is 24.7 Å². The molecule has 0 bridgehead atoms. The first kappa shape index (κ1) is 17.9. The van der Waals surface area contributed by atoms with Crippen LogP contribution in [0.1, 0.15) is 31.1 Å². The number of benzene rings is 1. The van der Waals surface area contributed by atoms with Crippen LogP contribution in [0.4, 0.5) is 11.5 Å². The van der Waals surface area contributed by atoms with Crippen molar-refractivity contribution in [2.45, 2.75) is 26.0 Å². The van der Waals surface area contributed by atoms with E-state index in [-0.39, 0.29) is 6.10 Å². The monoisotopic (exact) mass is 379 g/mol. The molecule has 0 saturated carbocycles. The Kier molecular flexibility index (Phi) is 4.64. The number of anilines is 2. The van der Waals surface area contributed by atoms with Crippen molar-refractivity contribution in [1.82, 2.24) is 24.7 Å². The van der Waals surface area contributed by atoms with E-state index in [1.807, 2.05) is 36.6 Å². The third-order valence-corrected chi connectivity index (χ3v) is 4.66. The van der Waals surface area contributed by atoms with Crippen LogP contribution in [0.2, 0.25) is 0 Å². The Hall–Kier alpha value is -3.49. The lowest BCUT2D eigenvalue weighted by Crippen LogP contribution is -2.48. The minimum atomic E-state index is 0.0633. The molecule has 4 N–H and O–H groups in total. The maximum absolute atomic E-state index is 6.40. The quantitative estimate of drug-likeness (QED) is 0.460. The fraction of sp³-hybridized carbons (Fsp3) is 0.316. The fourth-order valence-corrected chi connectivity index (χ4v) is 3.15. The van der Waals surface area contributed by atoms with Crippen molar-refractivity contribution in [3.8, 4) is 5.75 Å². The number of aromatic nitrogens is 5. The molecular formula is C19H23N8O+. The lowest BCUT2D eigenvalue weighted by molar-refractivity contribution is -0.111. The zero-order valence-corrected chi connectivity index (χ0v) is 15.9. The largest absolute Gasteiger partial charge is 0.491 e. The lowest BCUT2D eigenvalue weighted by atomic mass is 10.0. The molecule has 3 heterocycles. The van der Waals surface area contributed by atoms with Crippen molar-refractivity contribution in [2.75, 3.05) is 23.7 Å². The summed E-state index contributed by atoms with van der Waals surface area (Å²) in [6.45, 7) is 5.60. The highest BCUT2D eigenvalue weighted by Gasteiger charge is 2.30. The second-order valence-electron chi connectivity index (χ2n) is 7.06. The van der Waals surface area contributed by atoms with Crippen LogP contribution in [0, 0.1) is 0 Å². The van der Waals surface area contributed by atoms with Crippen LogP contribution >= 0.6 is 0 Å². The summed E-state index contributed by atoms with van der Waals surface area (Å²) < 4.78 is 7.75. The molecule has 144 valence electrons. The van der Waals surface area contributed by atoms with Gasteiger partial charge in [-0.2, -0.15) is 0 Å². The molecular weight excluding hydrogens is 356 g/mol. The van der Waals surface area contributed by atoms with Gasteiger partial charge < -0.3 is 19.9 Å². The van der Waals surface area contributed by atoms with Crippen molar-refractivity contribution >= 4 is 17.2 Å². The molecule has 1 aromatic carbocycles. The second-order valence-corrected chi connectivity index (χ2v) is 7.06. The summed E-state index contributed by atoms with van der Waals surface area (Å²) in [5, 5.41) is 14.1. The van der Waals surface area contributed by atoms with Gasteiger partial charge in [0.2, 0.25) is 5.71 Å². The summed E-state index contributed by atoms with van der Waals surface area (Å²) >= 11 is 0. The van der Waals surface area contributed by atoms with E-state index in [9.17, 15) is 0 Å². The predicted octanol–water partition coefficient (Wildman–Crippen LogP) is 0.0953. The Morgan fingerprint density at radius 2 is 1.93 bits per heavy atom. The van der Waals surface area contributed by atoms with Crippen LogP contribution in [-0.2, 0) is 0 Å². The standard InChI is InChI=1S/C19H22N8O/c1-12(2)28-14-3-4-16(20)15(5-14)19(21)17-6-18(23-9-22-17)26-7-13(8-26)27-10-24-25-11-27/h3-6,9-13,21H,7-8,20H2,1-2H3/p+1. The molecule has 0 atom stereocenters. The minimum absolute atomic E-state index is 0.0633. The van der Waals surface area contributed by atoms with Crippen LogP contribution in [0.5, 0.6) is 5.75 Å². The van der Waals surface area contributed by atoms with Gasteiger partial charge >= 0.3 is 0 Å². The van der Waals surface area contributed by atoms with Gasteiger partial charge in [0.25, 0.3) is 0 Å². The van der Waals surface area contributed by atoms with Gasteiger partial charge in [0.15, 0.2) is 0 Å². The summed E-state index contributed by atoms with van der Waals surface area (Å²) in [6, 6.07) is 7.70. The zero-order valence-electron chi connectivity index (χ0n) is 15.9. The van der Waals surface area contributed by atoms with Gasteiger partial charge in [-0.15, -0.1) is 10.2 Å². The molecule has 2 aromatic heterocycles. The molecule has 4 rings (SSSR count). The first-order valence-electron chi connectivity index (χ1n) is 9.11. The normalized spacial score (nSPS) is 14.2. The van der Waals surface area contributed by atoms with Crippen LogP contribution in [0.25, 0.3) is 0 Å². The maximum Gasteiger partial charge on any atom is 0.232 e. The average Bonchev–Trinajstić information content (AvgIpc) is 3.15. The number of hydrogen-bond donors (Lipinski definition) is 2. The van der Waals surface area contributed by atoms with E-state index in [2.05, 4.69) is 25.1 Å². The van der Waals surface area contributed by atoms with Crippen LogP contribution in [0.15, 0.2) is 43.2 Å². The summed E-state index contributed by atoms with van der Waals surface area (Å²) in [7, 11) is 0. The summed E-state index contributed by atoms with van der Waals surface area (Å²) in [6.07, 6.45) is 5.05. The third-order valence-electron chi connectivity index (χ3n) is 4.66. The van der Waals surface area contributed by atoms with E-state index in [0.29, 0.717) is 28.7 Å². The number of nitrogen functional groups attached to an aromatic ring is 1. The van der Waals surface area contributed by atoms with Gasteiger partial charge in [-0.05, 0) is 32.0 Å². The molecule has 0 spiro atoms. The van der Waals surface area contributed by atoms with E-state index >= 15 is 0 Å². The third kappa shape index (κ3) is 3.51. The number of hydrogen-bond acceptors (Lipinski definition) is 7. The van der Waals surface area contributed by atoms with Gasteiger partial charge in [0, 0.05) is 24.8 Å². The van der Waals surface area contributed by atoms with Crippen molar-refractivity contribution < 1.29 is 10.1 Å². The zero-order chi connectivity index (χ0) is 19.7. The van der Waals surface area contributed by atoms with E-state index in [1.165, 1.54) is 6.33 Å². The number of nitrogens with two attached hydrogens (primary N) is 2. The predicted molar refractivity (Wildman–Crippen MR) is 105 cm³/mol. The van der Waals surface area contributed by atoms with Crippen molar-refractivity contribution in [3.05, 3.63) is 54.5 Å². The van der Waals surface area contributed by atoms with E-state index in [1.54, 1.807) is 18.7 Å². The van der Waals surface area contributed by atoms with Gasteiger partial charge in [-0.1, -0.05) is 0 Å². The van der Waals surface area contributed by atoms with Crippen LogP contribution in [-0.4, -0.2) is 49.6 Å². The summed E-state index contributed by atoms with van der Waals surface area (Å²) in [4.78, 5) is 10.9. The highest BCUT2D eigenvalue weighted by atomic mass is 16.5. The minimum Gasteiger partial charge on any atom is -0.491 e. The Morgan fingerprint density at radius 1 is 1.18 bits per heavy atom. The lowest BCUT2D eigenvalue weighted by Gasteiger charge is -2.40. The second kappa shape index (κ2) is 7.26. The molecule has 1 aliphatic heterocycles. The molecule has 1 aliphatic rings. The molecule has 28 heavy (non-hydrogen) atoms. The highest BCUT2D eigenvalue weighted by Crippen LogP contribution is 2.27.